The molecule has 2 aromatic rings. The Kier molecular flexibility index (Phi) is 5.70. The fourth-order valence-electron chi connectivity index (χ4n) is 4.33. The van der Waals surface area contributed by atoms with E-state index in [2.05, 4.69) is 0 Å². The highest BCUT2D eigenvalue weighted by atomic mass is 35.5. The second-order valence-corrected chi connectivity index (χ2v) is 10.0. The van der Waals surface area contributed by atoms with Gasteiger partial charge in [-0.15, -0.1) is 0 Å². The molecule has 2 fully saturated rings. The lowest BCUT2D eigenvalue weighted by Gasteiger charge is -2.38. The Labute approximate surface area is 186 Å². The topological polar surface area (TPSA) is 84.0 Å². The predicted octanol–water partition coefficient (Wildman–Crippen LogP) is 3.34. The Morgan fingerprint density at radius 3 is 2.23 bits per heavy atom. The molecule has 0 N–H and O–H groups in total. The molecule has 1 spiro atoms. The highest BCUT2D eigenvalue weighted by Gasteiger charge is 2.49. The van der Waals surface area contributed by atoms with Crippen molar-refractivity contribution in [1.29, 1.82) is 0 Å². The molecule has 7 nitrogen and oxygen atoms in total. The summed E-state index contributed by atoms with van der Waals surface area (Å²) >= 11 is 6.16. The quantitative estimate of drug-likeness (QED) is 0.651. The summed E-state index contributed by atoms with van der Waals surface area (Å²) in [6.07, 6.45) is 2.92. The average molecular weight is 463 g/mol. The van der Waals surface area contributed by atoms with Gasteiger partial charge in [0.2, 0.25) is 5.91 Å². The zero-order valence-electron chi connectivity index (χ0n) is 17.1. The van der Waals surface area contributed by atoms with Crippen LogP contribution in [0.1, 0.15) is 29.6 Å². The van der Waals surface area contributed by atoms with E-state index in [0.29, 0.717) is 48.7 Å². The summed E-state index contributed by atoms with van der Waals surface area (Å²) in [5.41, 5.74) is 0.715. The van der Waals surface area contributed by atoms with E-state index in [1.54, 1.807) is 58.3 Å². The maximum Gasteiger partial charge on any atom is 0.306 e. The molecule has 2 saturated heterocycles. The highest BCUT2D eigenvalue weighted by Crippen LogP contribution is 2.43. The van der Waals surface area contributed by atoms with Gasteiger partial charge in [0.1, 0.15) is 5.75 Å². The second-order valence-electron chi connectivity index (χ2n) is 8.04. The van der Waals surface area contributed by atoms with E-state index in [1.165, 1.54) is 0 Å². The van der Waals surface area contributed by atoms with Crippen LogP contribution in [0.3, 0.4) is 0 Å². The number of carbonyl (C=O) groups excluding carboxylic acids is 2. The van der Waals surface area contributed by atoms with Crippen molar-refractivity contribution in [3.05, 3.63) is 59.1 Å². The number of rotatable bonds is 4. The van der Waals surface area contributed by atoms with Gasteiger partial charge in [0, 0.05) is 25.3 Å². The maximum atomic E-state index is 13.3. The number of halogens is 1. The maximum absolute atomic E-state index is 13.3. The first-order valence-corrected chi connectivity index (χ1v) is 12.2. The summed E-state index contributed by atoms with van der Waals surface area (Å²) in [4.78, 5) is 29.6. The van der Waals surface area contributed by atoms with Crippen LogP contribution < -0.4 is 9.08 Å². The van der Waals surface area contributed by atoms with Gasteiger partial charge in [-0.25, -0.2) is 0 Å². The van der Waals surface area contributed by atoms with Crippen LogP contribution in [0.2, 0.25) is 5.02 Å². The fourth-order valence-corrected chi connectivity index (χ4v) is 5.01. The SMILES string of the molecule is CS(=O)(=O)Oc1ccc(N2CCC3(CCN(C(=O)c4ccccc4Cl)CC3)C2=O)cc1. The average Bonchev–Trinajstić information content (AvgIpc) is 3.04. The molecule has 2 aliphatic heterocycles. The van der Waals surface area contributed by atoms with Crippen LogP contribution in [0.15, 0.2) is 48.5 Å². The van der Waals surface area contributed by atoms with E-state index in [9.17, 15) is 18.0 Å². The molecule has 0 radical (unpaired) electrons. The van der Waals surface area contributed by atoms with Crippen molar-refractivity contribution < 1.29 is 22.2 Å². The summed E-state index contributed by atoms with van der Waals surface area (Å²) in [5, 5.41) is 0.430. The summed E-state index contributed by atoms with van der Waals surface area (Å²) in [7, 11) is -3.60. The Hall–Kier alpha value is -2.58. The number of amides is 2. The van der Waals surface area contributed by atoms with Gasteiger partial charge < -0.3 is 14.0 Å². The Bertz CT molecular complexity index is 1110. The number of likely N-dealkylation sites (tertiary alicyclic amines) is 1. The molecule has 4 rings (SSSR count). The van der Waals surface area contributed by atoms with Crippen LogP contribution in [0.5, 0.6) is 5.75 Å². The summed E-state index contributed by atoms with van der Waals surface area (Å²) in [5.74, 6) is 0.150. The molecule has 9 heteroatoms. The van der Waals surface area contributed by atoms with Gasteiger partial charge in [-0.2, -0.15) is 8.42 Å². The van der Waals surface area contributed by atoms with Crippen LogP contribution in [0.4, 0.5) is 5.69 Å². The van der Waals surface area contributed by atoms with Gasteiger partial charge in [0.25, 0.3) is 5.91 Å². The van der Waals surface area contributed by atoms with Crippen LogP contribution >= 0.6 is 11.6 Å². The van der Waals surface area contributed by atoms with E-state index < -0.39 is 15.5 Å². The Morgan fingerprint density at radius 1 is 1.00 bits per heavy atom. The van der Waals surface area contributed by atoms with Gasteiger partial charge in [-0.05, 0) is 55.7 Å². The number of piperidine rings is 1. The number of benzene rings is 2. The third-order valence-electron chi connectivity index (χ3n) is 6.02. The van der Waals surface area contributed by atoms with Gasteiger partial charge >= 0.3 is 10.1 Å². The largest absolute Gasteiger partial charge is 0.383 e. The van der Waals surface area contributed by atoms with E-state index in [4.69, 9.17) is 15.8 Å². The normalized spacial score (nSPS) is 18.5. The first-order valence-electron chi connectivity index (χ1n) is 10.0. The number of hydrogen-bond donors (Lipinski definition) is 0. The monoisotopic (exact) mass is 462 g/mol. The lowest BCUT2D eigenvalue weighted by atomic mass is 9.77. The highest BCUT2D eigenvalue weighted by molar-refractivity contribution is 7.86. The van der Waals surface area contributed by atoms with E-state index in [-0.39, 0.29) is 17.6 Å². The van der Waals surface area contributed by atoms with E-state index in [0.717, 1.165) is 12.7 Å². The summed E-state index contributed by atoms with van der Waals surface area (Å²) < 4.78 is 27.4. The molecule has 2 aliphatic rings. The van der Waals surface area contributed by atoms with Gasteiger partial charge in [-0.3, -0.25) is 9.59 Å². The molecule has 164 valence electrons. The molecule has 0 unspecified atom stereocenters. The van der Waals surface area contributed by atoms with E-state index >= 15 is 0 Å². The van der Waals surface area contributed by atoms with Crippen LogP contribution in [-0.4, -0.2) is 51.0 Å². The summed E-state index contributed by atoms with van der Waals surface area (Å²) in [6, 6.07) is 13.4. The molecular weight excluding hydrogens is 440 g/mol. The first kappa shape index (κ1) is 21.6. The van der Waals surface area contributed by atoms with E-state index in [1.807, 2.05) is 0 Å². The molecule has 0 atom stereocenters. The first-order chi connectivity index (χ1) is 14.7. The van der Waals surface area contributed by atoms with Crippen LogP contribution in [0.25, 0.3) is 0 Å². The molecular formula is C22H23ClN2O5S. The predicted molar refractivity (Wildman–Crippen MR) is 118 cm³/mol. The number of carbonyl (C=O) groups is 2. The van der Waals surface area contributed by atoms with Crippen molar-refractivity contribution in [1.82, 2.24) is 4.90 Å². The minimum atomic E-state index is -3.60. The molecule has 0 aromatic heterocycles. The van der Waals surface area contributed by atoms with Crippen molar-refractivity contribution in [3.8, 4) is 5.75 Å². The fraction of sp³-hybridized carbons (Fsp3) is 0.364. The molecule has 0 aliphatic carbocycles. The number of nitrogens with zero attached hydrogens (tertiary/aromatic N) is 2. The Balaban J connectivity index is 1.42. The number of anilines is 1. The third kappa shape index (κ3) is 4.41. The standard InChI is InChI=1S/C22H23ClN2O5S/c1-31(28,29)30-17-8-6-16(7-9-17)25-15-12-22(21(25)27)10-13-24(14-11-22)20(26)18-4-2-3-5-19(18)23/h2-9H,10-15H2,1H3. The zero-order chi connectivity index (χ0) is 22.2. The third-order valence-corrected chi connectivity index (χ3v) is 6.85. The number of hydrogen-bond acceptors (Lipinski definition) is 5. The second kappa shape index (κ2) is 8.16. The van der Waals surface area contributed by atoms with Crippen LogP contribution in [0, 0.1) is 5.41 Å². The molecule has 2 aromatic carbocycles. The lowest BCUT2D eigenvalue weighted by molar-refractivity contribution is -0.127. The molecule has 0 saturated carbocycles. The smallest absolute Gasteiger partial charge is 0.306 e. The van der Waals surface area contributed by atoms with Crippen molar-refractivity contribution in [2.24, 2.45) is 5.41 Å². The minimum absolute atomic E-state index is 0.0501. The minimum Gasteiger partial charge on any atom is -0.383 e. The zero-order valence-corrected chi connectivity index (χ0v) is 18.7. The Morgan fingerprint density at radius 2 is 1.61 bits per heavy atom. The van der Waals surface area contributed by atoms with Crippen molar-refractivity contribution in [2.75, 3.05) is 30.8 Å². The van der Waals surface area contributed by atoms with Gasteiger partial charge in [0.05, 0.1) is 22.3 Å². The van der Waals surface area contributed by atoms with Gasteiger partial charge in [0.15, 0.2) is 0 Å². The van der Waals surface area contributed by atoms with Crippen LogP contribution in [-0.2, 0) is 14.9 Å². The molecule has 2 amide bonds. The lowest BCUT2D eigenvalue weighted by Crippen LogP contribution is -2.46. The van der Waals surface area contributed by atoms with Crippen molar-refractivity contribution in [2.45, 2.75) is 19.3 Å². The molecule has 2 heterocycles. The van der Waals surface area contributed by atoms with Crippen molar-refractivity contribution in [3.63, 3.8) is 0 Å². The summed E-state index contributed by atoms with van der Waals surface area (Å²) in [6.45, 7) is 1.60. The molecule has 0 bridgehead atoms. The molecule has 31 heavy (non-hydrogen) atoms. The van der Waals surface area contributed by atoms with Gasteiger partial charge in [-0.1, -0.05) is 23.7 Å². The van der Waals surface area contributed by atoms with Crippen molar-refractivity contribution >= 4 is 39.2 Å².